The molecule has 5 heteroatoms. The van der Waals surface area contributed by atoms with Crippen LogP contribution in [0.2, 0.25) is 0 Å². The van der Waals surface area contributed by atoms with Crippen LogP contribution < -0.4 is 0 Å². The van der Waals surface area contributed by atoms with Crippen molar-refractivity contribution in [3.05, 3.63) is 46.6 Å². The van der Waals surface area contributed by atoms with Crippen LogP contribution in [0, 0.1) is 26.7 Å². The third-order valence-corrected chi connectivity index (χ3v) is 5.14. The number of amides is 1. The number of piperidine rings is 1. The molecule has 1 saturated heterocycles. The van der Waals surface area contributed by atoms with Gasteiger partial charge in [0, 0.05) is 37.0 Å². The van der Waals surface area contributed by atoms with E-state index in [0.717, 1.165) is 48.6 Å². The van der Waals surface area contributed by atoms with E-state index in [1.54, 1.807) is 0 Å². The molecule has 1 aliphatic heterocycles. The molecule has 0 aromatic carbocycles. The highest BCUT2D eigenvalue weighted by molar-refractivity contribution is 5.76. The van der Waals surface area contributed by atoms with Crippen molar-refractivity contribution in [3.63, 3.8) is 0 Å². The third-order valence-electron chi connectivity index (χ3n) is 5.14. The predicted octanol–water partition coefficient (Wildman–Crippen LogP) is 3.41. The standard InChI is InChI=1S/C20H27N3O2/c1-14-6-7-17(12-21-14)11-18-5-4-10-23(13-18)20(24)9-8-19-15(2)22-25-16(19)3/h6-7,12,18H,4-5,8-11,13H2,1-3H3. The van der Waals surface area contributed by atoms with Crippen LogP contribution in [0.15, 0.2) is 22.9 Å². The highest BCUT2D eigenvalue weighted by Crippen LogP contribution is 2.22. The average Bonchev–Trinajstić information content (AvgIpc) is 2.93. The molecule has 3 rings (SSSR count). The molecule has 1 atom stereocenters. The topological polar surface area (TPSA) is 59.2 Å². The zero-order chi connectivity index (χ0) is 17.8. The van der Waals surface area contributed by atoms with Gasteiger partial charge in [-0.25, -0.2) is 0 Å². The Labute approximate surface area is 149 Å². The second kappa shape index (κ2) is 7.81. The summed E-state index contributed by atoms with van der Waals surface area (Å²) in [6, 6.07) is 4.21. The molecular weight excluding hydrogens is 314 g/mol. The van der Waals surface area contributed by atoms with Crippen molar-refractivity contribution in [1.29, 1.82) is 0 Å². The summed E-state index contributed by atoms with van der Waals surface area (Å²) < 4.78 is 5.18. The number of carbonyl (C=O) groups excluding carboxylic acids is 1. The Kier molecular flexibility index (Phi) is 5.51. The van der Waals surface area contributed by atoms with E-state index in [2.05, 4.69) is 22.3 Å². The summed E-state index contributed by atoms with van der Waals surface area (Å²) in [6.07, 6.45) is 6.47. The van der Waals surface area contributed by atoms with E-state index in [4.69, 9.17) is 4.52 Å². The van der Waals surface area contributed by atoms with Crippen molar-refractivity contribution in [3.8, 4) is 0 Å². The van der Waals surface area contributed by atoms with Gasteiger partial charge in [-0.2, -0.15) is 0 Å². The van der Waals surface area contributed by atoms with Gasteiger partial charge in [-0.05, 0) is 64.0 Å². The minimum atomic E-state index is 0.242. The predicted molar refractivity (Wildman–Crippen MR) is 96.3 cm³/mol. The molecule has 2 aromatic rings. The number of hydrogen-bond donors (Lipinski definition) is 0. The fourth-order valence-electron chi connectivity index (χ4n) is 3.66. The molecule has 134 valence electrons. The maximum absolute atomic E-state index is 12.6. The summed E-state index contributed by atoms with van der Waals surface area (Å²) in [4.78, 5) is 19.0. The minimum Gasteiger partial charge on any atom is -0.361 e. The maximum atomic E-state index is 12.6. The molecule has 0 spiro atoms. The Morgan fingerprint density at radius 3 is 2.84 bits per heavy atom. The Balaban J connectivity index is 1.53. The van der Waals surface area contributed by atoms with Crippen molar-refractivity contribution in [2.24, 2.45) is 5.92 Å². The van der Waals surface area contributed by atoms with Gasteiger partial charge in [0.05, 0.1) is 5.69 Å². The zero-order valence-corrected chi connectivity index (χ0v) is 15.4. The second-order valence-electron chi connectivity index (χ2n) is 7.16. The number of aryl methyl sites for hydroxylation is 3. The summed E-state index contributed by atoms with van der Waals surface area (Å²) in [5.74, 6) is 1.60. The van der Waals surface area contributed by atoms with Crippen LogP contribution in [0.25, 0.3) is 0 Å². The zero-order valence-electron chi connectivity index (χ0n) is 15.4. The second-order valence-corrected chi connectivity index (χ2v) is 7.16. The molecule has 1 amide bonds. The molecule has 3 heterocycles. The van der Waals surface area contributed by atoms with Crippen LogP contribution in [0.3, 0.4) is 0 Å². The van der Waals surface area contributed by atoms with Crippen LogP contribution in [-0.4, -0.2) is 34.0 Å². The summed E-state index contributed by atoms with van der Waals surface area (Å²) >= 11 is 0. The molecule has 0 bridgehead atoms. The lowest BCUT2D eigenvalue weighted by Crippen LogP contribution is -2.40. The van der Waals surface area contributed by atoms with Crippen LogP contribution in [-0.2, 0) is 17.6 Å². The largest absolute Gasteiger partial charge is 0.361 e. The Hall–Kier alpha value is -2.17. The van der Waals surface area contributed by atoms with Crippen molar-refractivity contribution in [2.75, 3.05) is 13.1 Å². The number of nitrogens with zero attached hydrogens (tertiary/aromatic N) is 3. The number of likely N-dealkylation sites (tertiary alicyclic amines) is 1. The average molecular weight is 341 g/mol. The fraction of sp³-hybridized carbons (Fsp3) is 0.550. The van der Waals surface area contributed by atoms with Gasteiger partial charge in [-0.15, -0.1) is 0 Å². The van der Waals surface area contributed by atoms with E-state index in [1.807, 2.05) is 31.9 Å². The lowest BCUT2D eigenvalue weighted by atomic mass is 9.91. The highest BCUT2D eigenvalue weighted by Gasteiger charge is 2.24. The Morgan fingerprint density at radius 2 is 2.16 bits per heavy atom. The van der Waals surface area contributed by atoms with Crippen LogP contribution in [0.1, 0.15) is 47.5 Å². The first kappa shape index (κ1) is 17.6. The molecule has 0 N–H and O–H groups in total. The van der Waals surface area contributed by atoms with Gasteiger partial charge in [-0.1, -0.05) is 11.2 Å². The minimum absolute atomic E-state index is 0.242. The molecule has 0 saturated carbocycles. The molecule has 0 aliphatic carbocycles. The maximum Gasteiger partial charge on any atom is 0.222 e. The van der Waals surface area contributed by atoms with E-state index < -0.39 is 0 Å². The summed E-state index contributed by atoms with van der Waals surface area (Å²) in [5.41, 5.74) is 4.28. The monoisotopic (exact) mass is 341 g/mol. The summed E-state index contributed by atoms with van der Waals surface area (Å²) in [6.45, 7) is 7.58. The molecule has 1 unspecified atom stereocenters. The first-order chi connectivity index (χ1) is 12.0. The van der Waals surface area contributed by atoms with E-state index >= 15 is 0 Å². The van der Waals surface area contributed by atoms with E-state index in [1.165, 1.54) is 12.0 Å². The third kappa shape index (κ3) is 4.47. The van der Waals surface area contributed by atoms with Crippen molar-refractivity contribution >= 4 is 5.91 Å². The van der Waals surface area contributed by atoms with Gasteiger partial charge in [0.2, 0.25) is 5.91 Å². The molecule has 1 aliphatic rings. The first-order valence-electron chi connectivity index (χ1n) is 9.14. The number of carbonyl (C=O) groups is 1. The summed E-state index contributed by atoms with van der Waals surface area (Å²) in [5, 5.41) is 3.97. The lowest BCUT2D eigenvalue weighted by Gasteiger charge is -2.33. The number of aromatic nitrogens is 2. The lowest BCUT2D eigenvalue weighted by molar-refractivity contribution is -0.132. The molecule has 2 aromatic heterocycles. The highest BCUT2D eigenvalue weighted by atomic mass is 16.5. The number of hydrogen-bond acceptors (Lipinski definition) is 4. The van der Waals surface area contributed by atoms with E-state index in [-0.39, 0.29) is 5.91 Å². The van der Waals surface area contributed by atoms with Crippen molar-refractivity contribution < 1.29 is 9.32 Å². The van der Waals surface area contributed by atoms with Gasteiger partial charge in [0.25, 0.3) is 0 Å². The van der Waals surface area contributed by atoms with Gasteiger partial charge in [0.15, 0.2) is 0 Å². The molecule has 0 radical (unpaired) electrons. The van der Waals surface area contributed by atoms with Crippen molar-refractivity contribution in [2.45, 2.75) is 52.9 Å². The van der Waals surface area contributed by atoms with E-state index in [0.29, 0.717) is 18.8 Å². The summed E-state index contributed by atoms with van der Waals surface area (Å²) in [7, 11) is 0. The molecule has 25 heavy (non-hydrogen) atoms. The van der Waals surface area contributed by atoms with E-state index in [9.17, 15) is 4.79 Å². The normalized spacial score (nSPS) is 17.7. The fourth-order valence-corrected chi connectivity index (χ4v) is 3.66. The Morgan fingerprint density at radius 1 is 1.32 bits per heavy atom. The van der Waals surface area contributed by atoms with Gasteiger partial charge in [0.1, 0.15) is 5.76 Å². The van der Waals surface area contributed by atoms with Gasteiger partial charge in [-0.3, -0.25) is 9.78 Å². The molecule has 1 fully saturated rings. The molecule has 5 nitrogen and oxygen atoms in total. The van der Waals surface area contributed by atoms with Crippen LogP contribution in [0.4, 0.5) is 0 Å². The quantitative estimate of drug-likeness (QED) is 0.836. The smallest absolute Gasteiger partial charge is 0.222 e. The van der Waals surface area contributed by atoms with Crippen LogP contribution >= 0.6 is 0 Å². The Bertz CT molecular complexity index is 702. The van der Waals surface area contributed by atoms with Crippen LogP contribution in [0.5, 0.6) is 0 Å². The number of rotatable bonds is 5. The first-order valence-corrected chi connectivity index (χ1v) is 9.14. The molecular formula is C20H27N3O2. The van der Waals surface area contributed by atoms with Gasteiger partial charge >= 0.3 is 0 Å². The van der Waals surface area contributed by atoms with Crippen molar-refractivity contribution in [1.82, 2.24) is 15.0 Å². The number of pyridine rings is 1. The van der Waals surface area contributed by atoms with Gasteiger partial charge < -0.3 is 9.42 Å². The SMILES string of the molecule is Cc1ccc(CC2CCCN(C(=O)CCc3c(C)noc3C)C2)cn1.